The van der Waals surface area contributed by atoms with E-state index in [0.717, 1.165) is 12.1 Å². The van der Waals surface area contributed by atoms with Gasteiger partial charge in [-0.05, 0) is 42.9 Å². The normalized spacial score (nSPS) is 18.2. The lowest BCUT2D eigenvalue weighted by Crippen LogP contribution is -2.45. The Morgan fingerprint density at radius 2 is 2.11 bits per heavy atom. The number of carbonyl (C=O) groups excluding carboxylic acids is 2. The average Bonchev–Trinajstić information content (AvgIpc) is 3.52. The van der Waals surface area contributed by atoms with Crippen LogP contribution in [-0.4, -0.2) is 34.0 Å². The molecule has 2 N–H and O–H groups in total. The minimum absolute atomic E-state index is 0.0678. The van der Waals surface area contributed by atoms with Gasteiger partial charge in [0.25, 0.3) is 0 Å². The summed E-state index contributed by atoms with van der Waals surface area (Å²) >= 11 is 0. The third kappa shape index (κ3) is 6.47. The highest BCUT2D eigenvalue weighted by atomic mass is 19.1. The number of imidazole rings is 1. The highest BCUT2D eigenvalue weighted by molar-refractivity contribution is 5.80. The fourth-order valence-corrected chi connectivity index (χ4v) is 4.67. The Labute approximate surface area is 204 Å². The molecular formula is C27H31FN4O3. The van der Waals surface area contributed by atoms with Gasteiger partial charge in [-0.2, -0.15) is 0 Å². The third-order valence-electron chi connectivity index (χ3n) is 6.63. The molecule has 35 heavy (non-hydrogen) atoms. The molecule has 3 aromatic rings. The molecule has 184 valence electrons. The molecule has 1 saturated heterocycles. The number of amides is 2. The van der Waals surface area contributed by atoms with Gasteiger partial charge in [-0.3, -0.25) is 9.59 Å². The van der Waals surface area contributed by atoms with Crippen LogP contribution in [0.1, 0.15) is 49.3 Å². The van der Waals surface area contributed by atoms with Crippen LogP contribution in [0, 0.1) is 5.82 Å². The molecule has 0 aliphatic carbocycles. The summed E-state index contributed by atoms with van der Waals surface area (Å²) in [5, 5.41) is 6.19. The van der Waals surface area contributed by atoms with Gasteiger partial charge in [-0.1, -0.05) is 36.4 Å². The van der Waals surface area contributed by atoms with E-state index in [2.05, 4.69) is 15.6 Å². The molecule has 1 aromatic heterocycles. The van der Waals surface area contributed by atoms with E-state index in [1.807, 2.05) is 41.1 Å². The van der Waals surface area contributed by atoms with Gasteiger partial charge in [0.15, 0.2) is 0 Å². The van der Waals surface area contributed by atoms with Gasteiger partial charge < -0.3 is 19.9 Å². The molecule has 2 amide bonds. The first-order valence-corrected chi connectivity index (χ1v) is 11.9. The molecule has 1 fully saturated rings. The lowest BCUT2D eigenvalue weighted by molar-refractivity contribution is -0.123. The first kappa shape index (κ1) is 24.4. The minimum Gasteiger partial charge on any atom is -0.497 e. The molecule has 0 spiro atoms. The van der Waals surface area contributed by atoms with Crippen molar-refractivity contribution in [2.75, 3.05) is 7.11 Å². The van der Waals surface area contributed by atoms with Crippen molar-refractivity contribution < 1.29 is 18.7 Å². The lowest BCUT2D eigenvalue weighted by Gasteiger charge is -2.30. The van der Waals surface area contributed by atoms with Gasteiger partial charge in [0, 0.05) is 43.4 Å². The summed E-state index contributed by atoms with van der Waals surface area (Å²) in [6.07, 6.45) is 8.02. The van der Waals surface area contributed by atoms with Gasteiger partial charge in [-0.15, -0.1) is 0 Å². The predicted octanol–water partition coefficient (Wildman–Crippen LogP) is 3.95. The number of methoxy groups -OCH3 is 1. The van der Waals surface area contributed by atoms with E-state index in [1.54, 1.807) is 24.7 Å². The quantitative estimate of drug-likeness (QED) is 0.437. The SMILES string of the molecule is COc1ccc(C[C@]2(CCC(=O)N[C@H](CCn3ccnc3)c3ccccc3)CCC(=O)N2)c(F)c1. The van der Waals surface area contributed by atoms with Gasteiger partial charge in [-0.25, -0.2) is 9.37 Å². The number of hydrogen-bond acceptors (Lipinski definition) is 4. The Bertz CT molecular complexity index is 1140. The smallest absolute Gasteiger partial charge is 0.220 e. The van der Waals surface area contributed by atoms with E-state index in [0.29, 0.717) is 43.4 Å². The highest BCUT2D eigenvalue weighted by Crippen LogP contribution is 2.31. The molecule has 2 aromatic carbocycles. The van der Waals surface area contributed by atoms with E-state index in [9.17, 15) is 14.0 Å². The maximum atomic E-state index is 14.6. The van der Waals surface area contributed by atoms with Crippen LogP contribution in [-0.2, 0) is 22.6 Å². The van der Waals surface area contributed by atoms with Crippen molar-refractivity contribution in [2.24, 2.45) is 0 Å². The highest BCUT2D eigenvalue weighted by Gasteiger charge is 2.38. The number of aromatic nitrogens is 2. The van der Waals surface area contributed by atoms with Crippen molar-refractivity contribution in [3.05, 3.63) is 84.2 Å². The first-order chi connectivity index (χ1) is 17.0. The molecule has 7 nitrogen and oxygen atoms in total. The van der Waals surface area contributed by atoms with E-state index < -0.39 is 5.54 Å². The maximum absolute atomic E-state index is 14.6. The maximum Gasteiger partial charge on any atom is 0.220 e. The number of nitrogens with zero attached hydrogens (tertiary/aromatic N) is 2. The number of halogens is 1. The standard InChI is InChI=1S/C27H31FN4O3/c1-35-22-8-7-21(23(28)17-22)18-27(13-10-26(34)31-27)12-9-25(33)30-24(20-5-3-2-4-6-20)11-15-32-16-14-29-19-32/h2-8,14,16-17,19,24H,9-13,15,18H2,1H3,(H,30,33)(H,31,34)/t24-,27+/m1/s1. The van der Waals surface area contributed by atoms with Crippen LogP contribution in [0.4, 0.5) is 4.39 Å². The number of nitrogens with one attached hydrogen (secondary N) is 2. The zero-order chi connectivity index (χ0) is 24.7. The number of hydrogen-bond donors (Lipinski definition) is 2. The molecular weight excluding hydrogens is 447 g/mol. The van der Waals surface area contributed by atoms with Crippen LogP contribution in [0.5, 0.6) is 5.75 Å². The Balaban J connectivity index is 1.42. The summed E-state index contributed by atoms with van der Waals surface area (Å²) in [6.45, 7) is 0.719. The number of rotatable bonds is 11. The largest absolute Gasteiger partial charge is 0.497 e. The number of aryl methyl sites for hydroxylation is 1. The van der Waals surface area contributed by atoms with Gasteiger partial charge >= 0.3 is 0 Å². The minimum atomic E-state index is -0.650. The summed E-state index contributed by atoms with van der Waals surface area (Å²) in [7, 11) is 1.49. The fourth-order valence-electron chi connectivity index (χ4n) is 4.67. The molecule has 0 bridgehead atoms. The number of ether oxygens (including phenoxy) is 1. The van der Waals surface area contributed by atoms with Crippen molar-refractivity contribution in [3.63, 3.8) is 0 Å². The van der Waals surface area contributed by atoms with Crippen molar-refractivity contribution >= 4 is 11.8 Å². The molecule has 1 aliphatic rings. The Morgan fingerprint density at radius 3 is 2.77 bits per heavy atom. The molecule has 2 heterocycles. The summed E-state index contributed by atoms with van der Waals surface area (Å²) in [5.41, 5.74) is 0.879. The lowest BCUT2D eigenvalue weighted by atomic mass is 9.84. The van der Waals surface area contributed by atoms with Crippen molar-refractivity contribution in [3.8, 4) is 5.75 Å². The van der Waals surface area contributed by atoms with Crippen LogP contribution in [0.25, 0.3) is 0 Å². The van der Waals surface area contributed by atoms with Crippen molar-refractivity contribution in [2.45, 2.75) is 56.7 Å². The zero-order valence-electron chi connectivity index (χ0n) is 19.9. The summed E-state index contributed by atoms with van der Waals surface area (Å²) in [4.78, 5) is 29.2. The second-order valence-electron chi connectivity index (χ2n) is 9.08. The second-order valence-corrected chi connectivity index (χ2v) is 9.08. The Hall–Kier alpha value is -3.68. The molecule has 1 aliphatic heterocycles. The van der Waals surface area contributed by atoms with E-state index >= 15 is 0 Å². The third-order valence-corrected chi connectivity index (χ3v) is 6.63. The fraction of sp³-hybridized carbons (Fsp3) is 0.370. The van der Waals surface area contributed by atoms with Crippen molar-refractivity contribution in [1.82, 2.24) is 20.2 Å². The predicted molar refractivity (Wildman–Crippen MR) is 130 cm³/mol. The summed E-state index contributed by atoms with van der Waals surface area (Å²) in [6, 6.07) is 14.5. The molecule has 4 rings (SSSR count). The molecule has 0 unspecified atom stereocenters. The Morgan fingerprint density at radius 1 is 1.29 bits per heavy atom. The van der Waals surface area contributed by atoms with Crippen LogP contribution in [0.15, 0.2) is 67.3 Å². The van der Waals surface area contributed by atoms with Crippen molar-refractivity contribution in [1.29, 1.82) is 0 Å². The summed E-state index contributed by atoms with van der Waals surface area (Å²) < 4.78 is 21.7. The number of carbonyl (C=O) groups is 2. The first-order valence-electron chi connectivity index (χ1n) is 11.9. The monoisotopic (exact) mass is 478 g/mol. The van der Waals surface area contributed by atoms with Gasteiger partial charge in [0.2, 0.25) is 11.8 Å². The van der Waals surface area contributed by atoms with E-state index in [4.69, 9.17) is 4.74 Å². The van der Waals surface area contributed by atoms with E-state index in [-0.39, 0.29) is 30.1 Å². The average molecular weight is 479 g/mol. The van der Waals surface area contributed by atoms with E-state index in [1.165, 1.54) is 13.2 Å². The molecule has 0 saturated carbocycles. The Kier molecular flexibility index (Phi) is 7.80. The zero-order valence-corrected chi connectivity index (χ0v) is 19.9. The summed E-state index contributed by atoms with van der Waals surface area (Å²) in [5.74, 6) is -0.0993. The topological polar surface area (TPSA) is 85.2 Å². The van der Waals surface area contributed by atoms with Gasteiger partial charge in [0.1, 0.15) is 11.6 Å². The number of benzene rings is 2. The van der Waals surface area contributed by atoms with Gasteiger partial charge in [0.05, 0.1) is 19.5 Å². The van der Waals surface area contributed by atoms with Crippen LogP contribution < -0.4 is 15.4 Å². The molecule has 8 heteroatoms. The van der Waals surface area contributed by atoms with Crippen LogP contribution in [0.3, 0.4) is 0 Å². The van der Waals surface area contributed by atoms with Crippen LogP contribution in [0.2, 0.25) is 0 Å². The van der Waals surface area contributed by atoms with Crippen LogP contribution >= 0.6 is 0 Å². The second kappa shape index (κ2) is 11.2. The molecule has 2 atom stereocenters. The molecule has 0 radical (unpaired) electrons.